The molecule has 142 valence electrons. The smallest absolute Gasteiger partial charge is 0.190 e. The molecule has 7 heteroatoms. The van der Waals surface area contributed by atoms with Crippen LogP contribution in [0.4, 0.5) is 0 Å². The van der Waals surface area contributed by atoms with E-state index in [4.69, 9.17) is 9.47 Å². The molecule has 0 aromatic carbocycles. The van der Waals surface area contributed by atoms with Crippen LogP contribution in [-0.2, 0) is 22.3 Å². The van der Waals surface area contributed by atoms with Crippen LogP contribution < -0.4 is 10.6 Å². The summed E-state index contributed by atoms with van der Waals surface area (Å²) < 4.78 is 11.1. The minimum atomic E-state index is 0.676. The molecule has 0 radical (unpaired) electrons. The lowest BCUT2D eigenvalue weighted by Gasteiger charge is -2.21. The first-order valence-corrected chi connectivity index (χ1v) is 10.2. The minimum Gasteiger partial charge on any atom is -0.381 e. The third-order valence-electron chi connectivity index (χ3n) is 4.25. The van der Waals surface area contributed by atoms with Crippen LogP contribution >= 0.6 is 11.3 Å². The van der Waals surface area contributed by atoms with Gasteiger partial charge in [-0.1, -0.05) is 6.92 Å². The second kappa shape index (κ2) is 12.2. The number of rotatable bonds is 10. The summed E-state index contributed by atoms with van der Waals surface area (Å²) in [6, 6.07) is 0. The SMILES string of the molecule is CCc1nc(CCNC(=NC)NCCCOCC2CCOCC2)cs1. The molecule has 25 heavy (non-hydrogen) atoms. The predicted molar refractivity (Wildman–Crippen MR) is 104 cm³/mol. The Labute approximate surface area is 155 Å². The molecule has 0 spiro atoms. The summed E-state index contributed by atoms with van der Waals surface area (Å²) in [6.45, 7) is 7.27. The van der Waals surface area contributed by atoms with Crippen LogP contribution in [-0.4, -0.2) is 57.5 Å². The fourth-order valence-corrected chi connectivity index (χ4v) is 3.48. The molecule has 0 bridgehead atoms. The van der Waals surface area contributed by atoms with E-state index in [0.29, 0.717) is 5.92 Å². The molecule has 1 aliphatic heterocycles. The molecule has 1 aromatic heterocycles. The van der Waals surface area contributed by atoms with Crippen molar-refractivity contribution >= 4 is 17.3 Å². The molecule has 2 rings (SSSR count). The van der Waals surface area contributed by atoms with E-state index >= 15 is 0 Å². The summed E-state index contributed by atoms with van der Waals surface area (Å²) >= 11 is 1.74. The average Bonchev–Trinajstić information content (AvgIpc) is 3.12. The first kappa shape index (κ1) is 20.1. The first-order valence-electron chi connectivity index (χ1n) is 9.35. The Hall–Kier alpha value is -1.18. The van der Waals surface area contributed by atoms with Gasteiger partial charge in [0.05, 0.1) is 10.7 Å². The Kier molecular flexibility index (Phi) is 9.84. The number of thiazole rings is 1. The Bertz CT molecular complexity index is 501. The number of guanidine groups is 1. The number of nitrogens with zero attached hydrogens (tertiary/aromatic N) is 2. The van der Waals surface area contributed by atoms with E-state index in [1.807, 2.05) is 0 Å². The zero-order valence-corrected chi connectivity index (χ0v) is 16.4. The number of nitrogens with one attached hydrogen (secondary N) is 2. The molecule has 1 aromatic rings. The van der Waals surface area contributed by atoms with Gasteiger partial charge in [0.25, 0.3) is 0 Å². The van der Waals surface area contributed by atoms with Crippen LogP contribution in [0.3, 0.4) is 0 Å². The van der Waals surface area contributed by atoms with Crippen molar-refractivity contribution < 1.29 is 9.47 Å². The van der Waals surface area contributed by atoms with Gasteiger partial charge in [-0.3, -0.25) is 4.99 Å². The molecule has 0 saturated carbocycles. The number of aliphatic imine (C=N–C) groups is 1. The van der Waals surface area contributed by atoms with E-state index in [2.05, 4.69) is 32.9 Å². The minimum absolute atomic E-state index is 0.676. The summed E-state index contributed by atoms with van der Waals surface area (Å²) in [5.74, 6) is 1.52. The molecule has 6 nitrogen and oxygen atoms in total. The van der Waals surface area contributed by atoms with Gasteiger partial charge in [-0.15, -0.1) is 11.3 Å². The van der Waals surface area contributed by atoms with Crippen LogP contribution in [0.1, 0.15) is 36.9 Å². The highest BCUT2D eigenvalue weighted by molar-refractivity contribution is 7.09. The van der Waals surface area contributed by atoms with Crippen LogP contribution in [0, 0.1) is 5.92 Å². The normalized spacial score (nSPS) is 16.2. The van der Waals surface area contributed by atoms with Crippen molar-refractivity contribution in [3.63, 3.8) is 0 Å². The molecule has 2 N–H and O–H groups in total. The third kappa shape index (κ3) is 8.16. The van der Waals surface area contributed by atoms with Crippen molar-refractivity contribution in [2.75, 3.05) is 46.6 Å². The molecular formula is C18H32N4O2S. The third-order valence-corrected chi connectivity index (χ3v) is 5.29. The molecule has 2 heterocycles. The Morgan fingerprint density at radius 3 is 2.88 bits per heavy atom. The molecule has 0 amide bonds. The fraction of sp³-hybridized carbons (Fsp3) is 0.778. The van der Waals surface area contributed by atoms with E-state index in [1.165, 1.54) is 5.01 Å². The lowest BCUT2D eigenvalue weighted by Crippen LogP contribution is -2.39. The summed E-state index contributed by atoms with van der Waals surface area (Å²) in [6.07, 6.45) is 5.18. The molecule has 1 saturated heterocycles. The molecular weight excluding hydrogens is 336 g/mol. The van der Waals surface area contributed by atoms with Gasteiger partial charge >= 0.3 is 0 Å². The van der Waals surface area contributed by atoms with Crippen molar-refractivity contribution in [2.45, 2.75) is 39.0 Å². The number of hydrogen-bond donors (Lipinski definition) is 2. The Morgan fingerprint density at radius 2 is 2.16 bits per heavy atom. The molecule has 0 atom stereocenters. The highest BCUT2D eigenvalue weighted by Gasteiger charge is 2.13. The summed E-state index contributed by atoms with van der Waals surface area (Å²) in [5.41, 5.74) is 1.16. The topological polar surface area (TPSA) is 67.8 Å². The van der Waals surface area contributed by atoms with Gasteiger partial charge in [-0.25, -0.2) is 4.98 Å². The van der Waals surface area contributed by atoms with Crippen LogP contribution in [0.5, 0.6) is 0 Å². The van der Waals surface area contributed by atoms with Gasteiger partial charge in [0.1, 0.15) is 0 Å². The van der Waals surface area contributed by atoms with Gasteiger partial charge in [0, 0.05) is 58.4 Å². The zero-order valence-electron chi connectivity index (χ0n) is 15.6. The highest BCUT2D eigenvalue weighted by Crippen LogP contribution is 2.14. The lowest BCUT2D eigenvalue weighted by molar-refractivity contribution is 0.0203. The second-order valence-electron chi connectivity index (χ2n) is 6.25. The van der Waals surface area contributed by atoms with Crippen molar-refractivity contribution in [3.8, 4) is 0 Å². The van der Waals surface area contributed by atoms with E-state index in [-0.39, 0.29) is 0 Å². The summed E-state index contributed by atoms with van der Waals surface area (Å²) in [7, 11) is 1.80. The Morgan fingerprint density at radius 1 is 1.36 bits per heavy atom. The maximum Gasteiger partial charge on any atom is 0.190 e. The fourth-order valence-electron chi connectivity index (χ4n) is 2.70. The van der Waals surface area contributed by atoms with E-state index in [1.54, 1.807) is 18.4 Å². The van der Waals surface area contributed by atoms with Crippen LogP contribution in [0.15, 0.2) is 10.4 Å². The van der Waals surface area contributed by atoms with E-state index < -0.39 is 0 Å². The predicted octanol–water partition coefficient (Wildman–Crippen LogP) is 2.25. The van der Waals surface area contributed by atoms with Crippen molar-refractivity contribution in [3.05, 3.63) is 16.1 Å². The van der Waals surface area contributed by atoms with Gasteiger partial charge in [0.15, 0.2) is 5.96 Å². The number of aryl methyl sites for hydroxylation is 1. The standard InChI is InChI=1S/C18H32N4O2S/c1-3-17-22-16(14-25-17)5-9-21-18(19-2)20-8-4-10-24-13-15-6-11-23-12-7-15/h14-15H,3-13H2,1-2H3,(H2,19,20,21). The van der Waals surface area contributed by atoms with Gasteiger partial charge in [-0.2, -0.15) is 0 Å². The summed E-state index contributed by atoms with van der Waals surface area (Å²) in [4.78, 5) is 8.83. The van der Waals surface area contributed by atoms with Crippen molar-refractivity contribution in [1.29, 1.82) is 0 Å². The second-order valence-corrected chi connectivity index (χ2v) is 7.19. The monoisotopic (exact) mass is 368 g/mol. The summed E-state index contributed by atoms with van der Waals surface area (Å²) in [5, 5.41) is 10.0. The first-order chi connectivity index (χ1) is 12.3. The quantitative estimate of drug-likeness (QED) is 0.377. The van der Waals surface area contributed by atoms with E-state index in [9.17, 15) is 0 Å². The number of hydrogen-bond acceptors (Lipinski definition) is 5. The van der Waals surface area contributed by atoms with E-state index in [0.717, 1.165) is 83.3 Å². The van der Waals surface area contributed by atoms with Gasteiger partial charge in [0.2, 0.25) is 0 Å². The number of ether oxygens (including phenoxy) is 2. The molecule has 1 aliphatic rings. The van der Waals surface area contributed by atoms with Crippen LogP contribution in [0.25, 0.3) is 0 Å². The molecule has 1 fully saturated rings. The van der Waals surface area contributed by atoms with Crippen molar-refractivity contribution in [2.24, 2.45) is 10.9 Å². The van der Waals surface area contributed by atoms with Crippen LogP contribution in [0.2, 0.25) is 0 Å². The Balaban J connectivity index is 1.48. The maximum absolute atomic E-state index is 5.78. The van der Waals surface area contributed by atoms with Gasteiger partial charge < -0.3 is 20.1 Å². The maximum atomic E-state index is 5.78. The van der Waals surface area contributed by atoms with Crippen molar-refractivity contribution in [1.82, 2.24) is 15.6 Å². The highest BCUT2D eigenvalue weighted by atomic mass is 32.1. The molecule has 0 unspecified atom stereocenters. The zero-order chi connectivity index (χ0) is 17.7. The molecule has 0 aliphatic carbocycles. The largest absolute Gasteiger partial charge is 0.381 e. The lowest BCUT2D eigenvalue weighted by atomic mass is 10.0. The number of aromatic nitrogens is 1. The average molecular weight is 369 g/mol. The van der Waals surface area contributed by atoms with Gasteiger partial charge in [-0.05, 0) is 31.6 Å².